The Hall–Kier alpha value is -1.49. The number of sulfonamides is 1. The number of rotatable bonds is 5. The maximum absolute atomic E-state index is 12.9. The summed E-state index contributed by atoms with van der Waals surface area (Å²) in [6.45, 7) is 2.78. The molecule has 1 aromatic heterocycles. The molecule has 2 aromatic rings. The zero-order chi connectivity index (χ0) is 18.7. The fraction of sp³-hybridized carbons (Fsp3) is 0.438. The minimum absolute atomic E-state index is 0.0224. The molecule has 1 fully saturated rings. The lowest BCUT2D eigenvalue weighted by Crippen LogP contribution is -2.31. The Morgan fingerprint density at radius 3 is 2.50 bits per heavy atom. The van der Waals surface area contributed by atoms with Crippen LogP contribution in [0.5, 0.6) is 0 Å². The van der Waals surface area contributed by atoms with Crippen LogP contribution in [0.1, 0.15) is 31.4 Å². The van der Waals surface area contributed by atoms with E-state index in [1.54, 1.807) is 0 Å². The van der Waals surface area contributed by atoms with Gasteiger partial charge in [-0.1, -0.05) is 24.6 Å². The lowest BCUT2D eigenvalue weighted by atomic mass is 10.2. The molecule has 2 heterocycles. The third-order valence-electron chi connectivity index (χ3n) is 4.13. The molecular formula is C16H19N3O4S3. The highest BCUT2D eigenvalue weighted by atomic mass is 32.2. The molecule has 0 spiro atoms. The number of benzene rings is 1. The second-order valence-electron chi connectivity index (χ2n) is 6.06. The molecule has 0 aliphatic carbocycles. The van der Waals surface area contributed by atoms with E-state index in [9.17, 15) is 18.5 Å². The van der Waals surface area contributed by atoms with Gasteiger partial charge in [-0.3, -0.25) is 10.1 Å². The molecule has 140 valence electrons. The highest BCUT2D eigenvalue weighted by Crippen LogP contribution is 2.38. The van der Waals surface area contributed by atoms with Crippen LogP contribution < -0.4 is 0 Å². The molecular weight excluding hydrogens is 394 g/mol. The SMILES string of the molecule is Cc1csc(Sc2ccc(S(=O)(=O)N3CCCCCC3)cc2[N+](=O)[O-])n1. The van der Waals surface area contributed by atoms with Gasteiger partial charge in [0, 0.05) is 30.2 Å². The van der Waals surface area contributed by atoms with Gasteiger partial charge in [-0.15, -0.1) is 11.3 Å². The van der Waals surface area contributed by atoms with Crippen molar-refractivity contribution in [2.24, 2.45) is 0 Å². The number of aryl methyl sites for hydroxylation is 1. The van der Waals surface area contributed by atoms with Crippen molar-refractivity contribution in [2.45, 2.75) is 46.7 Å². The van der Waals surface area contributed by atoms with E-state index in [0.717, 1.165) is 31.4 Å². The molecule has 1 saturated heterocycles. The van der Waals surface area contributed by atoms with Crippen molar-refractivity contribution in [1.29, 1.82) is 0 Å². The van der Waals surface area contributed by atoms with Crippen molar-refractivity contribution in [2.75, 3.05) is 13.1 Å². The van der Waals surface area contributed by atoms with Gasteiger partial charge in [0.1, 0.15) is 0 Å². The van der Waals surface area contributed by atoms with Crippen LogP contribution in [0.3, 0.4) is 0 Å². The van der Waals surface area contributed by atoms with E-state index in [0.29, 0.717) is 22.3 Å². The van der Waals surface area contributed by atoms with Gasteiger partial charge in [0.15, 0.2) is 4.34 Å². The lowest BCUT2D eigenvalue weighted by Gasteiger charge is -2.20. The van der Waals surface area contributed by atoms with Gasteiger partial charge in [0.25, 0.3) is 5.69 Å². The molecule has 1 aromatic carbocycles. The fourth-order valence-electron chi connectivity index (χ4n) is 2.79. The molecule has 0 bridgehead atoms. The van der Waals surface area contributed by atoms with E-state index in [2.05, 4.69) is 4.98 Å². The van der Waals surface area contributed by atoms with E-state index in [4.69, 9.17) is 0 Å². The van der Waals surface area contributed by atoms with Crippen molar-refractivity contribution in [3.8, 4) is 0 Å². The second-order valence-corrected chi connectivity index (χ2v) is 10.1. The van der Waals surface area contributed by atoms with Crippen molar-refractivity contribution in [3.05, 3.63) is 39.4 Å². The number of nitro benzene ring substituents is 1. The fourth-order valence-corrected chi connectivity index (χ4v) is 6.21. The number of hydrogen-bond acceptors (Lipinski definition) is 7. The first-order valence-corrected chi connectivity index (χ1v) is 11.4. The Morgan fingerprint density at radius 2 is 1.92 bits per heavy atom. The molecule has 10 heteroatoms. The topological polar surface area (TPSA) is 93.4 Å². The summed E-state index contributed by atoms with van der Waals surface area (Å²) in [5.74, 6) is 0. The standard InChI is InChI=1S/C16H19N3O4S3/c1-12-11-24-16(17-12)25-15-7-6-13(10-14(15)19(20)21)26(22,23)18-8-4-2-3-5-9-18/h6-7,10-11H,2-5,8-9H2,1H3. The summed E-state index contributed by atoms with van der Waals surface area (Å²) in [5.41, 5.74) is 0.638. The maximum atomic E-state index is 12.9. The third kappa shape index (κ3) is 4.25. The first kappa shape index (κ1) is 19.3. The molecule has 0 amide bonds. The van der Waals surface area contributed by atoms with E-state index in [-0.39, 0.29) is 10.6 Å². The Morgan fingerprint density at radius 1 is 1.23 bits per heavy atom. The highest BCUT2D eigenvalue weighted by molar-refractivity contribution is 8.01. The van der Waals surface area contributed by atoms with Gasteiger partial charge in [0.2, 0.25) is 10.0 Å². The number of aromatic nitrogens is 1. The van der Waals surface area contributed by atoms with Crippen LogP contribution in [-0.2, 0) is 10.0 Å². The number of nitrogens with zero attached hydrogens (tertiary/aromatic N) is 3. The molecule has 0 unspecified atom stereocenters. The summed E-state index contributed by atoms with van der Waals surface area (Å²) < 4.78 is 27.9. The average Bonchev–Trinajstić information content (AvgIpc) is 2.85. The van der Waals surface area contributed by atoms with Gasteiger partial charge in [-0.2, -0.15) is 4.31 Å². The number of nitro groups is 1. The van der Waals surface area contributed by atoms with Crippen LogP contribution >= 0.6 is 23.1 Å². The van der Waals surface area contributed by atoms with E-state index < -0.39 is 14.9 Å². The Labute approximate surface area is 160 Å². The highest BCUT2D eigenvalue weighted by Gasteiger charge is 2.28. The molecule has 7 nitrogen and oxygen atoms in total. The van der Waals surface area contributed by atoms with E-state index >= 15 is 0 Å². The predicted molar refractivity (Wildman–Crippen MR) is 101 cm³/mol. The lowest BCUT2D eigenvalue weighted by molar-refractivity contribution is -0.388. The summed E-state index contributed by atoms with van der Waals surface area (Å²) in [6, 6.07) is 4.13. The summed E-state index contributed by atoms with van der Waals surface area (Å²) >= 11 is 2.58. The first-order valence-electron chi connectivity index (χ1n) is 8.26. The van der Waals surface area contributed by atoms with Crippen LogP contribution in [0.2, 0.25) is 0 Å². The van der Waals surface area contributed by atoms with Gasteiger partial charge in [-0.25, -0.2) is 13.4 Å². The zero-order valence-corrected chi connectivity index (χ0v) is 16.7. The van der Waals surface area contributed by atoms with Crippen LogP contribution in [0.15, 0.2) is 37.7 Å². The van der Waals surface area contributed by atoms with Crippen LogP contribution in [-0.4, -0.2) is 35.7 Å². The summed E-state index contributed by atoms with van der Waals surface area (Å²) in [7, 11) is -3.72. The smallest absolute Gasteiger partial charge is 0.258 e. The molecule has 0 radical (unpaired) electrons. The monoisotopic (exact) mass is 413 g/mol. The van der Waals surface area contributed by atoms with Crippen molar-refractivity contribution in [3.63, 3.8) is 0 Å². The summed E-state index contributed by atoms with van der Waals surface area (Å²) in [4.78, 5) is 15.6. The molecule has 3 rings (SSSR count). The zero-order valence-electron chi connectivity index (χ0n) is 14.3. The quantitative estimate of drug-likeness (QED) is 0.542. The predicted octanol–water partition coefficient (Wildman–Crippen LogP) is 4.08. The Kier molecular flexibility index (Phi) is 5.96. The van der Waals surface area contributed by atoms with Gasteiger partial charge < -0.3 is 0 Å². The largest absolute Gasteiger partial charge is 0.284 e. The minimum Gasteiger partial charge on any atom is -0.258 e. The average molecular weight is 414 g/mol. The summed E-state index contributed by atoms with van der Waals surface area (Å²) in [6.07, 6.45) is 3.65. The van der Waals surface area contributed by atoms with Crippen LogP contribution in [0.25, 0.3) is 0 Å². The number of thiazole rings is 1. The first-order chi connectivity index (χ1) is 12.4. The molecule has 1 aliphatic heterocycles. The molecule has 0 N–H and O–H groups in total. The van der Waals surface area contributed by atoms with Gasteiger partial charge >= 0.3 is 0 Å². The second kappa shape index (κ2) is 8.03. The molecule has 0 saturated carbocycles. The van der Waals surface area contributed by atoms with E-state index in [1.807, 2.05) is 12.3 Å². The van der Waals surface area contributed by atoms with Crippen molar-refractivity contribution in [1.82, 2.24) is 9.29 Å². The summed E-state index contributed by atoms with van der Waals surface area (Å²) in [5, 5.41) is 13.4. The normalized spacial score (nSPS) is 16.3. The van der Waals surface area contributed by atoms with Crippen LogP contribution in [0, 0.1) is 17.0 Å². The van der Waals surface area contributed by atoms with Crippen LogP contribution in [0.4, 0.5) is 5.69 Å². The maximum Gasteiger partial charge on any atom is 0.284 e. The van der Waals surface area contributed by atoms with Crippen molar-refractivity contribution >= 4 is 38.8 Å². The van der Waals surface area contributed by atoms with Crippen molar-refractivity contribution < 1.29 is 13.3 Å². The Bertz CT molecular complexity index is 903. The molecule has 1 aliphatic rings. The molecule has 0 atom stereocenters. The molecule has 26 heavy (non-hydrogen) atoms. The minimum atomic E-state index is -3.72. The number of hydrogen-bond donors (Lipinski definition) is 0. The Balaban J connectivity index is 1.93. The van der Waals surface area contributed by atoms with E-state index in [1.165, 1.54) is 45.6 Å². The van der Waals surface area contributed by atoms with Gasteiger partial charge in [-0.05, 0) is 31.9 Å². The van der Waals surface area contributed by atoms with Gasteiger partial charge in [0.05, 0.1) is 14.7 Å². The third-order valence-corrected chi connectivity index (χ3v) is 8.14.